The van der Waals surface area contributed by atoms with Gasteiger partial charge in [0.2, 0.25) is 0 Å². The Labute approximate surface area is 111 Å². The van der Waals surface area contributed by atoms with Gasteiger partial charge in [0, 0.05) is 18.3 Å². The average molecular weight is 266 g/mol. The minimum absolute atomic E-state index is 0.0473. The SMILES string of the molecule is CCc1cc(C(=O)NCCOC(N)=O)cc(NC)n1. The molecule has 0 spiro atoms. The van der Waals surface area contributed by atoms with Crippen LogP contribution in [0, 0.1) is 0 Å². The standard InChI is InChI=1S/C12H18N4O3/c1-3-9-6-8(7-10(14-2)16-9)11(17)15-4-5-19-12(13)18/h6-7H,3-5H2,1-2H3,(H2,13,18)(H,14,16)(H,15,17). The molecule has 1 aromatic heterocycles. The summed E-state index contributed by atoms with van der Waals surface area (Å²) in [6.45, 7) is 2.22. The van der Waals surface area contributed by atoms with E-state index >= 15 is 0 Å². The Kier molecular flexibility index (Phi) is 5.59. The van der Waals surface area contributed by atoms with Gasteiger partial charge < -0.3 is 21.1 Å². The van der Waals surface area contributed by atoms with Crippen molar-refractivity contribution in [2.75, 3.05) is 25.5 Å². The fourth-order valence-corrected chi connectivity index (χ4v) is 1.45. The van der Waals surface area contributed by atoms with Crippen LogP contribution in [0.1, 0.15) is 23.0 Å². The van der Waals surface area contributed by atoms with Crippen molar-refractivity contribution in [2.24, 2.45) is 5.73 Å². The number of amides is 2. The second kappa shape index (κ2) is 7.20. The van der Waals surface area contributed by atoms with Crippen molar-refractivity contribution < 1.29 is 14.3 Å². The van der Waals surface area contributed by atoms with E-state index in [-0.39, 0.29) is 19.1 Å². The van der Waals surface area contributed by atoms with Gasteiger partial charge in [-0.25, -0.2) is 9.78 Å². The predicted molar refractivity (Wildman–Crippen MR) is 71.0 cm³/mol. The van der Waals surface area contributed by atoms with Gasteiger partial charge in [-0.3, -0.25) is 4.79 Å². The number of carbonyl (C=O) groups is 2. The van der Waals surface area contributed by atoms with E-state index < -0.39 is 6.09 Å². The maximum Gasteiger partial charge on any atom is 0.404 e. The monoisotopic (exact) mass is 266 g/mol. The van der Waals surface area contributed by atoms with E-state index in [4.69, 9.17) is 5.73 Å². The Balaban J connectivity index is 2.63. The fraction of sp³-hybridized carbons (Fsp3) is 0.417. The minimum Gasteiger partial charge on any atom is -0.448 e. The number of hydrogen-bond donors (Lipinski definition) is 3. The summed E-state index contributed by atoms with van der Waals surface area (Å²) in [6.07, 6.45) is -0.121. The quantitative estimate of drug-likeness (QED) is 0.650. The van der Waals surface area contributed by atoms with Crippen LogP contribution >= 0.6 is 0 Å². The molecule has 1 heterocycles. The summed E-state index contributed by atoms with van der Waals surface area (Å²) in [5, 5.41) is 5.53. The third-order valence-corrected chi connectivity index (χ3v) is 2.39. The van der Waals surface area contributed by atoms with Crippen molar-refractivity contribution >= 4 is 17.8 Å². The summed E-state index contributed by atoms with van der Waals surface area (Å²) in [6, 6.07) is 3.38. The smallest absolute Gasteiger partial charge is 0.404 e. The first-order valence-corrected chi connectivity index (χ1v) is 5.96. The molecule has 0 aliphatic heterocycles. The molecule has 0 bridgehead atoms. The molecular formula is C12H18N4O3. The molecule has 0 aromatic carbocycles. The molecule has 0 saturated heterocycles. The Morgan fingerprint density at radius 3 is 2.74 bits per heavy atom. The van der Waals surface area contributed by atoms with Crippen molar-refractivity contribution in [2.45, 2.75) is 13.3 Å². The van der Waals surface area contributed by atoms with Crippen LogP contribution in [-0.4, -0.2) is 37.2 Å². The number of nitrogens with one attached hydrogen (secondary N) is 2. The Hall–Kier alpha value is -2.31. The molecule has 0 radical (unpaired) electrons. The van der Waals surface area contributed by atoms with E-state index in [9.17, 15) is 9.59 Å². The number of pyridine rings is 1. The van der Waals surface area contributed by atoms with Crippen molar-refractivity contribution in [1.29, 1.82) is 0 Å². The Morgan fingerprint density at radius 1 is 1.42 bits per heavy atom. The first-order chi connectivity index (χ1) is 9.06. The predicted octanol–water partition coefficient (Wildman–Crippen LogP) is 0.511. The van der Waals surface area contributed by atoms with Crippen LogP contribution in [0.15, 0.2) is 12.1 Å². The highest BCUT2D eigenvalue weighted by molar-refractivity contribution is 5.95. The maximum absolute atomic E-state index is 11.9. The third kappa shape index (κ3) is 4.82. The lowest BCUT2D eigenvalue weighted by atomic mass is 10.2. The lowest BCUT2D eigenvalue weighted by Crippen LogP contribution is -2.29. The molecule has 0 unspecified atom stereocenters. The van der Waals surface area contributed by atoms with E-state index in [0.29, 0.717) is 11.4 Å². The van der Waals surface area contributed by atoms with Gasteiger partial charge >= 0.3 is 6.09 Å². The Bertz CT molecular complexity index is 440. The Morgan fingerprint density at radius 2 is 2.16 bits per heavy atom. The zero-order valence-electron chi connectivity index (χ0n) is 11.0. The second-order valence-corrected chi connectivity index (χ2v) is 3.76. The summed E-state index contributed by atoms with van der Waals surface area (Å²) in [5.41, 5.74) is 6.14. The van der Waals surface area contributed by atoms with E-state index in [0.717, 1.165) is 12.1 Å². The summed E-state index contributed by atoms with van der Waals surface area (Å²) < 4.78 is 4.52. The molecule has 2 amide bonds. The number of nitrogens with zero attached hydrogens (tertiary/aromatic N) is 1. The summed E-state index contributed by atoms with van der Waals surface area (Å²) in [5.74, 6) is 0.388. The topological polar surface area (TPSA) is 106 Å². The summed E-state index contributed by atoms with van der Waals surface area (Å²) in [4.78, 5) is 26.5. The molecule has 0 aliphatic carbocycles. The fourth-order valence-electron chi connectivity index (χ4n) is 1.45. The molecule has 1 rings (SSSR count). The van der Waals surface area contributed by atoms with Crippen LogP contribution in [0.4, 0.5) is 10.6 Å². The van der Waals surface area contributed by atoms with Gasteiger partial charge in [0.15, 0.2) is 0 Å². The number of hydrogen-bond acceptors (Lipinski definition) is 5. The van der Waals surface area contributed by atoms with E-state index in [2.05, 4.69) is 20.4 Å². The van der Waals surface area contributed by atoms with Gasteiger partial charge in [-0.2, -0.15) is 0 Å². The molecule has 1 aromatic rings. The molecule has 0 atom stereocenters. The van der Waals surface area contributed by atoms with Crippen molar-refractivity contribution in [3.63, 3.8) is 0 Å². The molecule has 0 saturated carbocycles. The maximum atomic E-state index is 11.9. The number of aryl methyl sites for hydroxylation is 1. The molecule has 0 aliphatic rings. The van der Waals surface area contributed by atoms with E-state index in [1.54, 1.807) is 19.2 Å². The van der Waals surface area contributed by atoms with Crippen LogP contribution in [0.2, 0.25) is 0 Å². The number of aromatic nitrogens is 1. The normalized spacial score (nSPS) is 9.79. The summed E-state index contributed by atoms with van der Waals surface area (Å²) >= 11 is 0. The number of rotatable bonds is 6. The zero-order chi connectivity index (χ0) is 14.3. The first-order valence-electron chi connectivity index (χ1n) is 5.96. The van der Waals surface area contributed by atoms with Crippen LogP contribution in [0.3, 0.4) is 0 Å². The van der Waals surface area contributed by atoms with Gasteiger partial charge in [0.05, 0.1) is 6.54 Å². The molecule has 104 valence electrons. The number of anilines is 1. The molecular weight excluding hydrogens is 248 g/mol. The largest absolute Gasteiger partial charge is 0.448 e. The molecule has 0 fully saturated rings. The van der Waals surface area contributed by atoms with Gasteiger partial charge in [0.25, 0.3) is 5.91 Å². The molecule has 7 heteroatoms. The molecule has 19 heavy (non-hydrogen) atoms. The number of nitrogens with two attached hydrogens (primary N) is 1. The number of carbonyl (C=O) groups excluding carboxylic acids is 2. The lowest BCUT2D eigenvalue weighted by Gasteiger charge is -2.08. The highest BCUT2D eigenvalue weighted by atomic mass is 16.5. The highest BCUT2D eigenvalue weighted by Crippen LogP contribution is 2.10. The highest BCUT2D eigenvalue weighted by Gasteiger charge is 2.08. The number of primary amides is 1. The molecule has 4 N–H and O–H groups in total. The minimum atomic E-state index is -0.858. The first kappa shape index (κ1) is 14.7. The van der Waals surface area contributed by atoms with Crippen molar-refractivity contribution in [3.8, 4) is 0 Å². The van der Waals surface area contributed by atoms with Crippen LogP contribution in [-0.2, 0) is 11.2 Å². The van der Waals surface area contributed by atoms with E-state index in [1.165, 1.54) is 0 Å². The van der Waals surface area contributed by atoms with Crippen molar-refractivity contribution in [1.82, 2.24) is 10.3 Å². The van der Waals surface area contributed by atoms with Gasteiger partial charge in [-0.15, -0.1) is 0 Å². The van der Waals surface area contributed by atoms with Gasteiger partial charge in [-0.05, 0) is 18.6 Å². The average Bonchev–Trinajstić information content (AvgIpc) is 2.42. The zero-order valence-corrected chi connectivity index (χ0v) is 11.0. The van der Waals surface area contributed by atoms with E-state index in [1.807, 2.05) is 6.92 Å². The van der Waals surface area contributed by atoms with Crippen molar-refractivity contribution in [3.05, 3.63) is 23.4 Å². The second-order valence-electron chi connectivity index (χ2n) is 3.76. The number of ether oxygens (including phenoxy) is 1. The third-order valence-electron chi connectivity index (χ3n) is 2.39. The van der Waals surface area contributed by atoms with Crippen LogP contribution < -0.4 is 16.4 Å². The van der Waals surface area contributed by atoms with Crippen LogP contribution in [0.5, 0.6) is 0 Å². The van der Waals surface area contributed by atoms with Gasteiger partial charge in [-0.1, -0.05) is 6.92 Å². The molecule has 7 nitrogen and oxygen atoms in total. The summed E-state index contributed by atoms with van der Waals surface area (Å²) in [7, 11) is 1.74. The van der Waals surface area contributed by atoms with Crippen LogP contribution in [0.25, 0.3) is 0 Å². The van der Waals surface area contributed by atoms with Gasteiger partial charge in [0.1, 0.15) is 12.4 Å². The lowest BCUT2D eigenvalue weighted by molar-refractivity contribution is 0.0936.